The summed E-state index contributed by atoms with van der Waals surface area (Å²) in [5, 5.41) is 0. The third kappa shape index (κ3) is 3.76. The van der Waals surface area contributed by atoms with Gasteiger partial charge in [0.15, 0.2) is 0 Å². The number of rotatable bonds is 4. The van der Waals surface area contributed by atoms with Crippen LogP contribution in [0.2, 0.25) is 0 Å². The average Bonchev–Trinajstić information content (AvgIpc) is 2.23. The van der Waals surface area contributed by atoms with Gasteiger partial charge in [0.25, 0.3) is 0 Å². The second kappa shape index (κ2) is 6.21. The predicted molar refractivity (Wildman–Crippen MR) is 65.9 cm³/mol. The molecule has 0 bridgehead atoms. The van der Waals surface area contributed by atoms with Crippen LogP contribution in [0.15, 0.2) is 22.7 Å². The Labute approximate surface area is 108 Å². The van der Waals surface area contributed by atoms with Gasteiger partial charge in [-0.2, -0.15) is 0 Å². The highest BCUT2D eigenvalue weighted by Crippen LogP contribution is 2.17. The van der Waals surface area contributed by atoms with Gasteiger partial charge in [0.1, 0.15) is 5.82 Å². The number of hydrogen-bond donors (Lipinski definition) is 0. The molecule has 1 aromatic carbocycles. The summed E-state index contributed by atoms with van der Waals surface area (Å²) >= 11 is 8.73. The first-order chi connectivity index (χ1) is 7.54. The van der Waals surface area contributed by atoms with E-state index in [1.165, 1.54) is 11.0 Å². The Bertz CT molecular complexity index is 386. The van der Waals surface area contributed by atoms with Gasteiger partial charge in [0, 0.05) is 35.9 Å². The minimum atomic E-state index is -0.311. The Hall–Kier alpha value is -0.610. The van der Waals surface area contributed by atoms with Gasteiger partial charge < -0.3 is 4.90 Å². The van der Waals surface area contributed by atoms with E-state index in [4.69, 9.17) is 11.6 Å². The van der Waals surface area contributed by atoms with Gasteiger partial charge in [-0.1, -0.05) is 15.9 Å². The number of benzene rings is 1. The first-order valence-corrected chi connectivity index (χ1v) is 6.11. The minimum absolute atomic E-state index is 0.0885. The number of nitrogens with zero attached hydrogens (tertiary/aromatic N) is 1. The maximum atomic E-state index is 13.4. The van der Waals surface area contributed by atoms with E-state index in [1.807, 2.05) is 0 Å². The average molecular weight is 309 g/mol. The van der Waals surface area contributed by atoms with Crippen molar-refractivity contribution in [2.75, 3.05) is 12.9 Å². The molecule has 0 saturated heterocycles. The second-order valence-electron chi connectivity index (χ2n) is 3.42. The van der Waals surface area contributed by atoms with Crippen LogP contribution < -0.4 is 0 Å². The van der Waals surface area contributed by atoms with Crippen LogP contribution in [0, 0.1) is 5.82 Å². The van der Waals surface area contributed by atoms with Crippen molar-refractivity contribution >= 4 is 33.4 Å². The predicted octanol–water partition coefficient (Wildman–Crippen LogP) is 3.18. The Morgan fingerprint density at radius 3 is 2.88 bits per heavy atom. The molecule has 5 heteroatoms. The van der Waals surface area contributed by atoms with Gasteiger partial charge in [-0.3, -0.25) is 4.79 Å². The molecular formula is C11H12BrClFNO. The maximum absolute atomic E-state index is 13.4. The molecule has 88 valence electrons. The lowest BCUT2D eigenvalue weighted by Gasteiger charge is -2.17. The fraction of sp³-hybridized carbons (Fsp3) is 0.364. The summed E-state index contributed by atoms with van der Waals surface area (Å²) < 4.78 is 14.2. The number of amides is 1. The standard InChI is InChI=1S/C11H12BrClFNO/c1-15(11(16)4-5-13)7-8-6-9(12)2-3-10(8)14/h2-3,6H,4-5,7H2,1H3. The number of halogens is 3. The highest BCUT2D eigenvalue weighted by Gasteiger charge is 2.11. The molecule has 0 aliphatic rings. The smallest absolute Gasteiger partial charge is 0.223 e. The third-order valence-corrected chi connectivity index (χ3v) is 2.83. The summed E-state index contributed by atoms with van der Waals surface area (Å²) in [7, 11) is 1.63. The Balaban J connectivity index is 2.72. The normalized spacial score (nSPS) is 10.2. The van der Waals surface area contributed by atoms with Crippen molar-refractivity contribution in [3.8, 4) is 0 Å². The van der Waals surface area contributed by atoms with E-state index >= 15 is 0 Å². The first kappa shape index (κ1) is 13.5. The molecule has 1 rings (SSSR count). The van der Waals surface area contributed by atoms with Gasteiger partial charge in [-0.25, -0.2) is 4.39 Å². The Morgan fingerprint density at radius 2 is 2.25 bits per heavy atom. The molecule has 0 atom stereocenters. The molecule has 0 aliphatic carbocycles. The van der Waals surface area contributed by atoms with E-state index in [0.717, 1.165) is 4.47 Å². The van der Waals surface area contributed by atoms with Crippen LogP contribution in [0.3, 0.4) is 0 Å². The molecular weight excluding hydrogens is 296 g/mol. The summed E-state index contributed by atoms with van der Waals surface area (Å²) in [6.07, 6.45) is 0.272. The fourth-order valence-corrected chi connectivity index (χ4v) is 1.85. The second-order valence-corrected chi connectivity index (χ2v) is 4.72. The lowest BCUT2D eigenvalue weighted by atomic mass is 10.2. The van der Waals surface area contributed by atoms with Gasteiger partial charge in [-0.05, 0) is 18.2 Å². The third-order valence-electron chi connectivity index (χ3n) is 2.15. The highest BCUT2D eigenvalue weighted by atomic mass is 79.9. The molecule has 0 aromatic heterocycles. The van der Waals surface area contributed by atoms with Crippen molar-refractivity contribution < 1.29 is 9.18 Å². The molecule has 0 heterocycles. The van der Waals surface area contributed by atoms with Gasteiger partial charge >= 0.3 is 0 Å². The van der Waals surface area contributed by atoms with Crippen molar-refractivity contribution in [3.05, 3.63) is 34.1 Å². The molecule has 0 N–H and O–H groups in total. The molecule has 0 radical (unpaired) electrons. The van der Waals surface area contributed by atoms with E-state index < -0.39 is 0 Å². The number of alkyl halides is 1. The fourth-order valence-electron chi connectivity index (χ4n) is 1.28. The molecule has 0 fully saturated rings. The molecule has 16 heavy (non-hydrogen) atoms. The Kier molecular flexibility index (Phi) is 5.22. The largest absolute Gasteiger partial charge is 0.341 e. The summed E-state index contributed by atoms with van der Waals surface area (Å²) in [4.78, 5) is 12.9. The van der Waals surface area contributed by atoms with Gasteiger partial charge in [0.05, 0.1) is 0 Å². The number of carbonyl (C=O) groups is 1. The molecule has 0 spiro atoms. The van der Waals surface area contributed by atoms with E-state index in [-0.39, 0.29) is 30.6 Å². The summed E-state index contributed by atoms with van der Waals surface area (Å²) in [6.45, 7) is 0.251. The van der Waals surface area contributed by atoms with Crippen molar-refractivity contribution in [1.29, 1.82) is 0 Å². The number of carbonyl (C=O) groups excluding carboxylic acids is 1. The lowest BCUT2D eigenvalue weighted by molar-refractivity contribution is -0.130. The summed E-state index contributed by atoms with van der Waals surface area (Å²) in [5.74, 6) is -0.118. The van der Waals surface area contributed by atoms with E-state index in [2.05, 4.69) is 15.9 Å². The van der Waals surface area contributed by atoms with Crippen LogP contribution in [-0.2, 0) is 11.3 Å². The number of hydrogen-bond acceptors (Lipinski definition) is 1. The lowest BCUT2D eigenvalue weighted by Crippen LogP contribution is -2.26. The topological polar surface area (TPSA) is 20.3 Å². The zero-order valence-corrected chi connectivity index (χ0v) is 11.2. The van der Waals surface area contributed by atoms with Crippen LogP contribution in [0.5, 0.6) is 0 Å². The zero-order valence-electron chi connectivity index (χ0n) is 8.84. The van der Waals surface area contributed by atoms with Gasteiger partial charge in [0.2, 0.25) is 5.91 Å². The molecule has 0 saturated carbocycles. The van der Waals surface area contributed by atoms with Crippen LogP contribution >= 0.6 is 27.5 Å². The Morgan fingerprint density at radius 1 is 1.56 bits per heavy atom. The molecule has 0 unspecified atom stereocenters. The molecule has 0 aliphatic heterocycles. The molecule has 2 nitrogen and oxygen atoms in total. The van der Waals surface area contributed by atoms with Crippen LogP contribution in [0.4, 0.5) is 4.39 Å². The quantitative estimate of drug-likeness (QED) is 0.782. The van der Waals surface area contributed by atoms with E-state index in [0.29, 0.717) is 5.56 Å². The van der Waals surface area contributed by atoms with E-state index in [1.54, 1.807) is 19.2 Å². The van der Waals surface area contributed by atoms with Crippen LogP contribution in [0.1, 0.15) is 12.0 Å². The van der Waals surface area contributed by atoms with Crippen molar-refractivity contribution in [1.82, 2.24) is 4.90 Å². The first-order valence-electron chi connectivity index (χ1n) is 4.78. The highest BCUT2D eigenvalue weighted by molar-refractivity contribution is 9.10. The molecule has 1 aromatic rings. The molecule has 1 amide bonds. The van der Waals surface area contributed by atoms with E-state index in [9.17, 15) is 9.18 Å². The van der Waals surface area contributed by atoms with Crippen molar-refractivity contribution in [3.63, 3.8) is 0 Å². The maximum Gasteiger partial charge on any atom is 0.223 e. The van der Waals surface area contributed by atoms with Crippen molar-refractivity contribution in [2.45, 2.75) is 13.0 Å². The summed E-state index contributed by atoms with van der Waals surface area (Å²) in [5.41, 5.74) is 0.486. The van der Waals surface area contributed by atoms with Gasteiger partial charge in [-0.15, -0.1) is 11.6 Å². The SMILES string of the molecule is CN(Cc1cc(Br)ccc1F)C(=O)CCCl. The zero-order chi connectivity index (χ0) is 12.1. The van der Waals surface area contributed by atoms with Crippen LogP contribution in [0.25, 0.3) is 0 Å². The summed E-state index contributed by atoms with van der Waals surface area (Å²) in [6, 6.07) is 4.67. The van der Waals surface area contributed by atoms with Crippen LogP contribution in [-0.4, -0.2) is 23.7 Å². The van der Waals surface area contributed by atoms with Crippen molar-refractivity contribution in [2.24, 2.45) is 0 Å². The monoisotopic (exact) mass is 307 g/mol. The minimum Gasteiger partial charge on any atom is -0.341 e.